The molecule has 2 unspecified atom stereocenters. The lowest BCUT2D eigenvalue weighted by atomic mass is 10.0. The minimum Gasteiger partial charge on any atom is -0.465 e. The van der Waals surface area contributed by atoms with Gasteiger partial charge >= 0.3 is 0 Å². The van der Waals surface area contributed by atoms with Crippen molar-refractivity contribution in [1.29, 1.82) is 0 Å². The van der Waals surface area contributed by atoms with Gasteiger partial charge in [0.2, 0.25) is 0 Å². The van der Waals surface area contributed by atoms with Gasteiger partial charge in [-0.25, -0.2) is 0 Å². The van der Waals surface area contributed by atoms with Gasteiger partial charge in [-0.1, -0.05) is 6.92 Å². The zero-order valence-electron chi connectivity index (χ0n) is 8.50. The highest BCUT2D eigenvalue weighted by molar-refractivity contribution is 5.10. The molecule has 3 nitrogen and oxygen atoms in total. The summed E-state index contributed by atoms with van der Waals surface area (Å²) in [4.78, 5) is 0. The Kier molecular flexibility index (Phi) is 3.51. The van der Waals surface area contributed by atoms with Crippen LogP contribution in [0.2, 0.25) is 0 Å². The van der Waals surface area contributed by atoms with Crippen LogP contribution in [0.3, 0.4) is 0 Å². The van der Waals surface area contributed by atoms with Crippen LogP contribution in [0.25, 0.3) is 0 Å². The third-order valence-electron chi connectivity index (χ3n) is 2.32. The highest BCUT2D eigenvalue weighted by atomic mass is 16.3. The average Bonchev–Trinajstić information content (AvgIpc) is 2.53. The third kappa shape index (κ3) is 2.32. The highest BCUT2D eigenvalue weighted by Gasteiger charge is 2.18. The van der Waals surface area contributed by atoms with E-state index >= 15 is 0 Å². The predicted molar refractivity (Wildman–Crippen MR) is 53.5 cm³/mol. The number of nitrogens with two attached hydrogens (primary N) is 1. The molecule has 0 saturated carbocycles. The molecular weight excluding hydrogens is 164 g/mol. The Morgan fingerprint density at radius 2 is 2.23 bits per heavy atom. The molecule has 1 rings (SSSR count). The molecule has 1 aromatic heterocycles. The van der Waals surface area contributed by atoms with Crippen molar-refractivity contribution in [2.45, 2.75) is 19.9 Å². The second-order valence-corrected chi connectivity index (χ2v) is 3.43. The second kappa shape index (κ2) is 4.44. The summed E-state index contributed by atoms with van der Waals surface area (Å²) >= 11 is 0. The van der Waals surface area contributed by atoms with Crippen molar-refractivity contribution in [2.24, 2.45) is 11.7 Å². The SMILES string of the molecule is CNC(c1ccc(C)o1)C(C)CN. The predicted octanol–water partition coefficient (Wildman–Crippen LogP) is 1.44. The van der Waals surface area contributed by atoms with Crippen LogP contribution < -0.4 is 11.1 Å². The van der Waals surface area contributed by atoms with E-state index in [0.717, 1.165) is 11.5 Å². The molecule has 0 aromatic carbocycles. The fraction of sp³-hybridized carbons (Fsp3) is 0.600. The minimum atomic E-state index is 0.221. The summed E-state index contributed by atoms with van der Waals surface area (Å²) in [5.41, 5.74) is 5.61. The molecule has 1 aromatic rings. The summed E-state index contributed by atoms with van der Waals surface area (Å²) in [5, 5.41) is 3.21. The first-order valence-corrected chi connectivity index (χ1v) is 4.62. The Morgan fingerprint density at radius 1 is 1.54 bits per heavy atom. The van der Waals surface area contributed by atoms with Crippen molar-refractivity contribution in [3.8, 4) is 0 Å². The topological polar surface area (TPSA) is 51.2 Å². The van der Waals surface area contributed by atoms with Crippen molar-refractivity contribution in [2.75, 3.05) is 13.6 Å². The van der Waals surface area contributed by atoms with E-state index in [9.17, 15) is 0 Å². The van der Waals surface area contributed by atoms with Gasteiger partial charge < -0.3 is 15.5 Å². The Labute approximate surface area is 79.3 Å². The molecule has 0 aliphatic carbocycles. The lowest BCUT2D eigenvalue weighted by Gasteiger charge is -2.19. The van der Waals surface area contributed by atoms with Gasteiger partial charge in [0.15, 0.2) is 0 Å². The van der Waals surface area contributed by atoms with Crippen molar-refractivity contribution >= 4 is 0 Å². The summed E-state index contributed by atoms with van der Waals surface area (Å²) in [6, 6.07) is 4.20. The van der Waals surface area contributed by atoms with E-state index in [0.29, 0.717) is 12.5 Å². The van der Waals surface area contributed by atoms with Crippen LogP contribution >= 0.6 is 0 Å². The van der Waals surface area contributed by atoms with Gasteiger partial charge in [0, 0.05) is 0 Å². The van der Waals surface area contributed by atoms with Gasteiger partial charge in [0.1, 0.15) is 11.5 Å². The molecule has 0 bridgehead atoms. The molecule has 3 N–H and O–H groups in total. The van der Waals surface area contributed by atoms with Gasteiger partial charge in [0.25, 0.3) is 0 Å². The maximum atomic E-state index is 5.61. The molecule has 0 amide bonds. The van der Waals surface area contributed by atoms with E-state index < -0.39 is 0 Å². The minimum absolute atomic E-state index is 0.221. The van der Waals surface area contributed by atoms with Crippen molar-refractivity contribution in [3.05, 3.63) is 23.7 Å². The van der Waals surface area contributed by atoms with Gasteiger partial charge in [-0.3, -0.25) is 0 Å². The van der Waals surface area contributed by atoms with Crippen molar-refractivity contribution in [3.63, 3.8) is 0 Å². The van der Waals surface area contributed by atoms with E-state index in [2.05, 4.69) is 12.2 Å². The molecule has 74 valence electrons. The van der Waals surface area contributed by atoms with Crippen LogP contribution in [0.1, 0.15) is 24.5 Å². The molecule has 3 heteroatoms. The monoisotopic (exact) mass is 182 g/mol. The smallest absolute Gasteiger partial charge is 0.121 e. The zero-order valence-corrected chi connectivity index (χ0v) is 8.50. The first-order chi connectivity index (χ1) is 6.19. The molecule has 0 fully saturated rings. The van der Waals surface area contributed by atoms with Crippen LogP contribution in [-0.4, -0.2) is 13.6 Å². The van der Waals surface area contributed by atoms with Crippen LogP contribution in [0.4, 0.5) is 0 Å². The second-order valence-electron chi connectivity index (χ2n) is 3.43. The number of hydrogen-bond acceptors (Lipinski definition) is 3. The summed E-state index contributed by atoms with van der Waals surface area (Å²) in [6.07, 6.45) is 0. The quantitative estimate of drug-likeness (QED) is 0.741. The first kappa shape index (κ1) is 10.3. The van der Waals surface area contributed by atoms with Crippen LogP contribution in [0.15, 0.2) is 16.5 Å². The molecule has 0 radical (unpaired) electrons. The van der Waals surface area contributed by atoms with Crippen LogP contribution in [0.5, 0.6) is 0 Å². The molecule has 2 atom stereocenters. The fourth-order valence-electron chi connectivity index (χ4n) is 1.46. The number of hydrogen-bond donors (Lipinski definition) is 2. The molecule has 0 aliphatic rings. The lowest BCUT2D eigenvalue weighted by molar-refractivity contribution is 0.341. The number of nitrogens with one attached hydrogen (secondary N) is 1. The molecular formula is C10H18N2O. The Bertz CT molecular complexity index is 257. The van der Waals surface area contributed by atoms with Gasteiger partial charge in [-0.2, -0.15) is 0 Å². The Hall–Kier alpha value is -0.800. The van der Waals surface area contributed by atoms with E-state index in [1.165, 1.54) is 0 Å². The standard InChI is InChI=1S/C10H18N2O/c1-7(6-11)10(12-3)9-5-4-8(2)13-9/h4-5,7,10,12H,6,11H2,1-3H3. The number of furan rings is 1. The maximum Gasteiger partial charge on any atom is 0.121 e. The third-order valence-corrected chi connectivity index (χ3v) is 2.32. The molecule has 13 heavy (non-hydrogen) atoms. The first-order valence-electron chi connectivity index (χ1n) is 4.62. The van der Waals surface area contributed by atoms with Crippen molar-refractivity contribution in [1.82, 2.24) is 5.32 Å². The summed E-state index contributed by atoms with van der Waals surface area (Å²) in [7, 11) is 1.93. The van der Waals surface area contributed by atoms with Gasteiger partial charge in [0.05, 0.1) is 6.04 Å². The Morgan fingerprint density at radius 3 is 2.62 bits per heavy atom. The Balaban J connectivity index is 2.77. The fourth-order valence-corrected chi connectivity index (χ4v) is 1.46. The van der Waals surface area contributed by atoms with Gasteiger partial charge in [-0.15, -0.1) is 0 Å². The lowest BCUT2D eigenvalue weighted by Crippen LogP contribution is -2.28. The van der Waals surface area contributed by atoms with Gasteiger partial charge in [-0.05, 0) is 38.6 Å². The molecule has 0 spiro atoms. The normalized spacial score (nSPS) is 15.7. The van der Waals surface area contributed by atoms with Crippen LogP contribution in [-0.2, 0) is 0 Å². The number of rotatable bonds is 4. The molecule has 0 aliphatic heterocycles. The van der Waals surface area contributed by atoms with E-state index in [4.69, 9.17) is 10.2 Å². The van der Waals surface area contributed by atoms with E-state index in [1.807, 2.05) is 26.1 Å². The summed E-state index contributed by atoms with van der Waals surface area (Å²) < 4.78 is 5.54. The molecule has 0 saturated heterocycles. The van der Waals surface area contributed by atoms with E-state index in [-0.39, 0.29) is 6.04 Å². The van der Waals surface area contributed by atoms with Crippen molar-refractivity contribution < 1.29 is 4.42 Å². The summed E-state index contributed by atoms with van der Waals surface area (Å²) in [5.74, 6) is 2.30. The summed E-state index contributed by atoms with van der Waals surface area (Å²) in [6.45, 7) is 4.72. The van der Waals surface area contributed by atoms with Crippen LogP contribution in [0, 0.1) is 12.8 Å². The van der Waals surface area contributed by atoms with E-state index in [1.54, 1.807) is 0 Å². The maximum absolute atomic E-state index is 5.61. The number of aryl methyl sites for hydroxylation is 1. The average molecular weight is 182 g/mol. The zero-order chi connectivity index (χ0) is 9.84. The largest absolute Gasteiger partial charge is 0.465 e. The highest BCUT2D eigenvalue weighted by Crippen LogP contribution is 2.22. The molecule has 1 heterocycles.